The van der Waals surface area contributed by atoms with Gasteiger partial charge in [-0.05, 0) is 25.5 Å². The zero-order chi connectivity index (χ0) is 15.7. The maximum Gasteiger partial charge on any atom is 0.416 e. The number of aliphatic hydroxyl groups excluding tert-OH is 1. The Labute approximate surface area is 122 Å². The minimum Gasteiger partial charge on any atom is -0.394 e. The zero-order valence-corrected chi connectivity index (χ0v) is 12.2. The molecule has 1 aromatic rings. The van der Waals surface area contributed by atoms with E-state index in [4.69, 9.17) is 4.74 Å². The summed E-state index contributed by atoms with van der Waals surface area (Å²) in [6.07, 6.45) is -4.63. The first-order chi connectivity index (χ1) is 9.69. The third-order valence-corrected chi connectivity index (χ3v) is 3.42. The fourth-order valence-electron chi connectivity index (χ4n) is 2.74. The first-order valence-electron chi connectivity index (χ1n) is 6.87. The van der Waals surface area contributed by atoms with Crippen molar-refractivity contribution >= 4 is 0 Å². The number of halogens is 3. The van der Waals surface area contributed by atoms with Crippen LogP contribution in [-0.2, 0) is 17.5 Å². The van der Waals surface area contributed by atoms with Crippen LogP contribution in [0.1, 0.15) is 25.0 Å². The summed E-state index contributed by atoms with van der Waals surface area (Å²) in [6.45, 7) is 5.26. The van der Waals surface area contributed by atoms with Crippen molar-refractivity contribution < 1.29 is 23.0 Å². The van der Waals surface area contributed by atoms with E-state index in [-0.39, 0.29) is 12.7 Å². The van der Waals surface area contributed by atoms with E-state index in [9.17, 15) is 18.3 Å². The maximum atomic E-state index is 12.7. The molecule has 2 rings (SSSR count). The third kappa shape index (κ3) is 4.43. The van der Waals surface area contributed by atoms with Gasteiger partial charge in [0.2, 0.25) is 0 Å². The summed E-state index contributed by atoms with van der Waals surface area (Å²) in [5, 5.41) is 9.26. The van der Waals surface area contributed by atoms with Crippen molar-refractivity contribution in [2.75, 3.05) is 19.7 Å². The van der Waals surface area contributed by atoms with E-state index in [1.165, 1.54) is 12.1 Å². The third-order valence-electron chi connectivity index (χ3n) is 3.42. The van der Waals surface area contributed by atoms with Crippen LogP contribution in [0.5, 0.6) is 0 Å². The minimum absolute atomic E-state index is 0.0947. The Morgan fingerprint density at radius 2 is 2.10 bits per heavy atom. The Balaban J connectivity index is 2.10. The summed E-state index contributed by atoms with van der Waals surface area (Å²) in [4.78, 5) is 2.01. The number of benzene rings is 1. The van der Waals surface area contributed by atoms with Gasteiger partial charge in [0.05, 0.1) is 23.9 Å². The monoisotopic (exact) mass is 303 g/mol. The number of alkyl halides is 3. The number of hydrogen-bond donors (Lipinski definition) is 1. The van der Waals surface area contributed by atoms with E-state index in [0.717, 1.165) is 6.07 Å². The molecular formula is C15H20F3NO2. The highest BCUT2D eigenvalue weighted by atomic mass is 19.4. The van der Waals surface area contributed by atoms with Crippen LogP contribution in [-0.4, -0.2) is 41.4 Å². The van der Waals surface area contributed by atoms with Gasteiger partial charge < -0.3 is 9.84 Å². The van der Waals surface area contributed by atoms with Crippen molar-refractivity contribution in [3.05, 3.63) is 35.4 Å². The second kappa shape index (κ2) is 5.94. The van der Waals surface area contributed by atoms with Gasteiger partial charge in [-0.25, -0.2) is 0 Å². The summed E-state index contributed by atoms with van der Waals surface area (Å²) < 4.78 is 43.9. The Morgan fingerprint density at radius 1 is 1.38 bits per heavy atom. The summed E-state index contributed by atoms with van der Waals surface area (Å²) in [5.41, 5.74) is -0.446. The molecule has 1 fully saturated rings. The molecule has 0 saturated carbocycles. The van der Waals surface area contributed by atoms with Crippen molar-refractivity contribution in [2.24, 2.45) is 0 Å². The lowest BCUT2D eigenvalue weighted by Crippen LogP contribution is -2.53. The second-order valence-electron chi connectivity index (χ2n) is 6.05. The molecule has 6 heteroatoms. The van der Waals surface area contributed by atoms with Gasteiger partial charge in [-0.3, -0.25) is 4.90 Å². The molecule has 0 spiro atoms. The van der Waals surface area contributed by atoms with E-state index in [0.29, 0.717) is 25.2 Å². The highest BCUT2D eigenvalue weighted by Gasteiger charge is 2.34. The topological polar surface area (TPSA) is 32.7 Å². The van der Waals surface area contributed by atoms with Crippen molar-refractivity contribution in [1.82, 2.24) is 4.90 Å². The Bertz CT molecular complexity index is 488. The molecule has 0 amide bonds. The number of nitrogens with zero attached hydrogens (tertiary/aromatic N) is 1. The first-order valence-corrected chi connectivity index (χ1v) is 6.87. The highest BCUT2D eigenvalue weighted by Crippen LogP contribution is 2.30. The first kappa shape index (κ1) is 16.3. The van der Waals surface area contributed by atoms with Crippen LogP contribution in [0.15, 0.2) is 24.3 Å². The molecule has 0 aliphatic carbocycles. The number of rotatable bonds is 3. The Kier molecular flexibility index (Phi) is 4.60. The molecular weight excluding hydrogens is 283 g/mol. The number of ether oxygens (including phenoxy) is 1. The molecule has 1 saturated heterocycles. The molecule has 1 aliphatic rings. The molecule has 1 aliphatic heterocycles. The smallest absolute Gasteiger partial charge is 0.394 e. The van der Waals surface area contributed by atoms with Crippen LogP contribution in [0, 0.1) is 0 Å². The van der Waals surface area contributed by atoms with Crippen molar-refractivity contribution in [3.8, 4) is 0 Å². The molecule has 0 aromatic heterocycles. The average molecular weight is 303 g/mol. The van der Waals surface area contributed by atoms with Crippen LogP contribution in [0.4, 0.5) is 13.2 Å². The summed E-state index contributed by atoms with van der Waals surface area (Å²) in [7, 11) is 0. The minimum atomic E-state index is -4.33. The molecule has 0 radical (unpaired) electrons. The molecule has 1 heterocycles. The second-order valence-corrected chi connectivity index (χ2v) is 6.05. The predicted molar refractivity (Wildman–Crippen MR) is 72.8 cm³/mol. The molecule has 118 valence electrons. The van der Waals surface area contributed by atoms with Crippen LogP contribution in [0.3, 0.4) is 0 Å². The predicted octanol–water partition coefficient (Wildman–Crippen LogP) is 2.68. The van der Waals surface area contributed by atoms with Gasteiger partial charge in [-0.15, -0.1) is 0 Å². The summed E-state index contributed by atoms with van der Waals surface area (Å²) in [5.74, 6) is 0. The van der Waals surface area contributed by atoms with Crippen LogP contribution < -0.4 is 0 Å². The normalized spacial score (nSPS) is 23.2. The van der Waals surface area contributed by atoms with Crippen LogP contribution in [0.2, 0.25) is 0 Å². The molecule has 1 aromatic carbocycles. The number of hydrogen-bond acceptors (Lipinski definition) is 3. The average Bonchev–Trinajstić information content (AvgIpc) is 2.36. The van der Waals surface area contributed by atoms with E-state index < -0.39 is 17.3 Å². The quantitative estimate of drug-likeness (QED) is 0.932. The molecule has 1 unspecified atom stereocenters. The Hall–Kier alpha value is -1.11. The number of aliphatic hydroxyl groups is 1. The zero-order valence-electron chi connectivity index (χ0n) is 12.2. The lowest BCUT2D eigenvalue weighted by molar-refractivity contribution is -0.150. The van der Waals surface area contributed by atoms with Gasteiger partial charge in [0.25, 0.3) is 0 Å². The SMILES string of the molecule is CC1(C)CN(Cc2cccc(C(F)(F)F)c2)CC(CO)O1. The lowest BCUT2D eigenvalue weighted by atomic mass is 10.0. The van der Waals surface area contributed by atoms with Gasteiger partial charge in [-0.2, -0.15) is 13.2 Å². The van der Waals surface area contributed by atoms with E-state index >= 15 is 0 Å². The summed E-state index contributed by atoms with van der Waals surface area (Å²) in [6, 6.07) is 5.36. The molecule has 3 nitrogen and oxygen atoms in total. The molecule has 1 atom stereocenters. The molecule has 0 bridgehead atoms. The van der Waals surface area contributed by atoms with E-state index in [2.05, 4.69) is 0 Å². The van der Waals surface area contributed by atoms with Gasteiger partial charge >= 0.3 is 6.18 Å². The molecule has 1 N–H and O–H groups in total. The van der Waals surface area contributed by atoms with E-state index in [1.54, 1.807) is 6.07 Å². The van der Waals surface area contributed by atoms with Crippen molar-refractivity contribution in [3.63, 3.8) is 0 Å². The van der Waals surface area contributed by atoms with Gasteiger partial charge in [0.1, 0.15) is 0 Å². The van der Waals surface area contributed by atoms with Gasteiger partial charge in [-0.1, -0.05) is 18.2 Å². The standard InChI is InChI=1S/C15H20F3NO2/c1-14(2)10-19(8-13(9-20)21-14)7-11-4-3-5-12(6-11)15(16,17)18/h3-6,13,20H,7-10H2,1-2H3. The lowest BCUT2D eigenvalue weighted by Gasteiger charge is -2.42. The van der Waals surface area contributed by atoms with E-state index in [1.807, 2.05) is 18.7 Å². The largest absolute Gasteiger partial charge is 0.416 e. The fourth-order valence-corrected chi connectivity index (χ4v) is 2.74. The Morgan fingerprint density at radius 3 is 2.71 bits per heavy atom. The van der Waals surface area contributed by atoms with Gasteiger partial charge in [0.15, 0.2) is 0 Å². The highest BCUT2D eigenvalue weighted by molar-refractivity contribution is 5.25. The van der Waals surface area contributed by atoms with Crippen LogP contribution >= 0.6 is 0 Å². The van der Waals surface area contributed by atoms with Crippen molar-refractivity contribution in [2.45, 2.75) is 38.3 Å². The molecule has 21 heavy (non-hydrogen) atoms. The fraction of sp³-hybridized carbons (Fsp3) is 0.600. The summed E-state index contributed by atoms with van der Waals surface area (Å²) >= 11 is 0. The maximum absolute atomic E-state index is 12.7. The van der Waals surface area contributed by atoms with Crippen LogP contribution in [0.25, 0.3) is 0 Å². The van der Waals surface area contributed by atoms with Gasteiger partial charge in [0, 0.05) is 19.6 Å². The van der Waals surface area contributed by atoms with Crippen molar-refractivity contribution in [1.29, 1.82) is 0 Å². The number of morpholine rings is 1.